The maximum absolute atomic E-state index is 13.8. The lowest BCUT2D eigenvalue weighted by atomic mass is 10.1. The number of nitrogens with two attached hydrogens (primary N) is 1. The van der Waals surface area contributed by atoms with Gasteiger partial charge < -0.3 is 15.5 Å². The Bertz CT molecular complexity index is 1070. The van der Waals surface area contributed by atoms with E-state index < -0.39 is 15.8 Å². The summed E-state index contributed by atoms with van der Waals surface area (Å²) < 4.78 is 39.9. The van der Waals surface area contributed by atoms with Crippen LogP contribution in [0, 0.1) is 5.82 Å². The SMILES string of the molecule is NCCS(=O)(=O)Nc1ccc(C(=O)N2CCCN(C(=O)Cc3ccccc3F)CC2)cc1.[HH]. The molecule has 1 heterocycles. The third-order valence-corrected chi connectivity index (χ3v) is 6.55. The van der Waals surface area contributed by atoms with Crippen molar-refractivity contribution in [3.63, 3.8) is 0 Å². The zero-order valence-electron chi connectivity index (χ0n) is 17.7. The Morgan fingerprint density at radius 3 is 2.34 bits per heavy atom. The topological polar surface area (TPSA) is 113 Å². The third kappa shape index (κ3) is 6.27. The van der Waals surface area contributed by atoms with E-state index in [-0.39, 0.29) is 32.0 Å². The van der Waals surface area contributed by atoms with E-state index in [9.17, 15) is 22.4 Å². The van der Waals surface area contributed by atoms with E-state index in [0.29, 0.717) is 49.4 Å². The first-order valence-corrected chi connectivity index (χ1v) is 12.1. The second-order valence-corrected chi connectivity index (χ2v) is 9.42. The second kappa shape index (κ2) is 10.6. The number of benzene rings is 2. The van der Waals surface area contributed by atoms with E-state index >= 15 is 0 Å². The molecule has 2 aromatic rings. The van der Waals surface area contributed by atoms with E-state index in [2.05, 4.69) is 4.72 Å². The predicted octanol–water partition coefficient (Wildman–Crippen LogP) is 1.69. The van der Waals surface area contributed by atoms with E-state index in [0.717, 1.165) is 0 Å². The highest BCUT2D eigenvalue weighted by atomic mass is 32.2. The number of anilines is 1. The summed E-state index contributed by atoms with van der Waals surface area (Å²) in [6.07, 6.45) is 0.605. The van der Waals surface area contributed by atoms with Crippen molar-refractivity contribution in [1.82, 2.24) is 9.80 Å². The molecule has 0 saturated carbocycles. The number of carbonyl (C=O) groups is 2. The second-order valence-electron chi connectivity index (χ2n) is 7.58. The zero-order chi connectivity index (χ0) is 23.1. The van der Waals surface area contributed by atoms with Crippen LogP contribution in [-0.4, -0.2) is 68.5 Å². The van der Waals surface area contributed by atoms with Crippen LogP contribution in [0.2, 0.25) is 0 Å². The first kappa shape index (κ1) is 23.7. The molecule has 1 aliphatic rings. The number of hydrogen-bond donors (Lipinski definition) is 2. The van der Waals surface area contributed by atoms with Crippen LogP contribution in [0.15, 0.2) is 48.5 Å². The molecule has 174 valence electrons. The van der Waals surface area contributed by atoms with Crippen molar-refractivity contribution < 1.29 is 23.8 Å². The number of nitrogens with one attached hydrogen (secondary N) is 1. The summed E-state index contributed by atoms with van der Waals surface area (Å²) in [5.74, 6) is -0.947. The standard InChI is InChI=1S/C22H27FN4O4S.H2/c23-20-5-2-1-4-18(20)16-21(28)26-11-3-12-27(14-13-26)22(29)17-6-8-19(9-7-17)25-32(30,31)15-10-24;/h1-2,4-9,25H,3,10-16,24H2;1H. The first-order chi connectivity index (χ1) is 15.3. The van der Waals surface area contributed by atoms with E-state index in [4.69, 9.17) is 5.73 Å². The Labute approximate surface area is 188 Å². The van der Waals surface area contributed by atoms with Gasteiger partial charge in [-0.2, -0.15) is 0 Å². The fraction of sp³-hybridized carbons (Fsp3) is 0.364. The van der Waals surface area contributed by atoms with Crippen LogP contribution < -0.4 is 10.5 Å². The highest BCUT2D eigenvalue weighted by Crippen LogP contribution is 2.15. The van der Waals surface area contributed by atoms with Gasteiger partial charge in [-0.1, -0.05) is 18.2 Å². The van der Waals surface area contributed by atoms with Crippen LogP contribution >= 0.6 is 0 Å². The molecule has 0 atom stereocenters. The molecule has 2 aromatic carbocycles. The number of sulfonamides is 1. The van der Waals surface area contributed by atoms with Gasteiger partial charge in [-0.25, -0.2) is 12.8 Å². The summed E-state index contributed by atoms with van der Waals surface area (Å²) >= 11 is 0. The van der Waals surface area contributed by atoms with Gasteiger partial charge in [-0.3, -0.25) is 14.3 Å². The van der Waals surface area contributed by atoms with Crippen molar-refractivity contribution in [3.05, 3.63) is 65.5 Å². The first-order valence-electron chi connectivity index (χ1n) is 10.4. The number of nitrogens with zero attached hydrogens (tertiary/aromatic N) is 2. The Hall–Kier alpha value is -2.98. The van der Waals surface area contributed by atoms with Gasteiger partial charge in [0.25, 0.3) is 5.91 Å². The van der Waals surface area contributed by atoms with Crippen molar-refractivity contribution >= 4 is 27.5 Å². The van der Waals surface area contributed by atoms with Crippen molar-refractivity contribution in [2.75, 3.05) is 43.2 Å². The maximum Gasteiger partial charge on any atom is 0.253 e. The molecule has 2 amide bonds. The highest BCUT2D eigenvalue weighted by Gasteiger charge is 2.23. The Kier molecular flexibility index (Phi) is 7.81. The van der Waals surface area contributed by atoms with Crippen LogP contribution in [0.1, 0.15) is 23.8 Å². The molecule has 0 radical (unpaired) electrons. The fourth-order valence-corrected chi connectivity index (χ4v) is 4.44. The molecule has 1 aliphatic heterocycles. The van der Waals surface area contributed by atoms with Crippen LogP contribution in [0.4, 0.5) is 10.1 Å². The number of rotatable bonds is 7. The Morgan fingerprint density at radius 2 is 1.66 bits per heavy atom. The summed E-state index contributed by atoms with van der Waals surface area (Å²) in [7, 11) is -3.51. The van der Waals surface area contributed by atoms with Gasteiger partial charge in [0.05, 0.1) is 12.2 Å². The fourth-order valence-electron chi connectivity index (χ4n) is 3.54. The molecule has 1 saturated heterocycles. The molecule has 0 unspecified atom stereocenters. The Morgan fingerprint density at radius 1 is 1.00 bits per heavy atom. The molecule has 32 heavy (non-hydrogen) atoms. The van der Waals surface area contributed by atoms with Crippen molar-refractivity contribution in [2.24, 2.45) is 5.73 Å². The van der Waals surface area contributed by atoms with Gasteiger partial charge in [0.1, 0.15) is 5.82 Å². The maximum atomic E-state index is 13.8. The van der Waals surface area contributed by atoms with Gasteiger partial charge in [0.15, 0.2) is 0 Å². The van der Waals surface area contributed by atoms with Crippen LogP contribution in [0.5, 0.6) is 0 Å². The predicted molar refractivity (Wildman–Crippen MR) is 122 cm³/mol. The van der Waals surface area contributed by atoms with Crippen molar-refractivity contribution in [1.29, 1.82) is 0 Å². The molecule has 0 bridgehead atoms. The summed E-state index contributed by atoms with van der Waals surface area (Å²) in [6.45, 7) is 1.75. The molecular formula is C22H29FN4O4S. The van der Waals surface area contributed by atoms with Gasteiger partial charge >= 0.3 is 0 Å². The van der Waals surface area contributed by atoms with Crippen molar-refractivity contribution in [2.45, 2.75) is 12.8 Å². The molecule has 3 rings (SSSR count). The average molecular weight is 465 g/mol. The molecule has 0 aromatic heterocycles. The number of hydrogen-bond acceptors (Lipinski definition) is 5. The minimum atomic E-state index is -3.51. The van der Waals surface area contributed by atoms with Gasteiger partial charge in [0.2, 0.25) is 15.9 Å². The monoisotopic (exact) mass is 464 g/mol. The smallest absolute Gasteiger partial charge is 0.253 e. The lowest BCUT2D eigenvalue weighted by molar-refractivity contribution is -0.130. The normalized spacial score (nSPS) is 14.7. The summed E-state index contributed by atoms with van der Waals surface area (Å²) in [6, 6.07) is 12.4. The molecule has 8 nitrogen and oxygen atoms in total. The minimum Gasteiger partial charge on any atom is -0.341 e. The van der Waals surface area contributed by atoms with Crippen LogP contribution in [0.25, 0.3) is 0 Å². The molecule has 10 heteroatoms. The summed E-state index contributed by atoms with van der Waals surface area (Å²) in [4.78, 5) is 28.8. The molecule has 0 spiro atoms. The Balaban J connectivity index is 0.00000385. The van der Waals surface area contributed by atoms with Gasteiger partial charge in [-0.15, -0.1) is 0 Å². The molecular weight excluding hydrogens is 435 g/mol. The highest BCUT2D eigenvalue weighted by molar-refractivity contribution is 7.92. The van der Waals surface area contributed by atoms with Crippen molar-refractivity contribution in [3.8, 4) is 0 Å². The van der Waals surface area contributed by atoms with E-state index in [1.165, 1.54) is 18.2 Å². The largest absolute Gasteiger partial charge is 0.341 e. The number of carbonyl (C=O) groups excluding carboxylic acids is 2. The van der Waals surface area contributed by atoms with Crippen LogP contribution in [0.3, 0.4) is 0 Å². The lowest BCUT2D eigenvalue weighted by Crippen LogP contribution is -2.38. The molecule has 3 N–H and O–H groups in total. The molecule has 0 aliphatic carbocycles. The van der Waals surface area contributed by atoms with E-state index in [1.54, 1.807) is 40.1 Å². The lowest BCUT2D eigenvalue weighted by Gasteiger charge is -2.22. The van der Waals surface area contributed by atoms with Crippen LogP contribution in [-0.2, 0) is 21.2 Å². The summed E-state index contributed by atoms with van der Waals surface area (Å²) in [5, 5.41) is 0. The quantitative estimate of drug-likeness (QED) is 0.648. The minimum absolute atomic E-state index is 0. The van der Waals surface area contributed by atoms with Gasteiger partial charge in [-0.05, 0) is 42.3 Å². The third-order valence-electron chi connectivity index (χ3n) is 5.23. The summed E-state index contributed by atoms with van der Waals surface area (Å²) in [5.41, 5.74) is 6.43. The van der Waals surface area contributed by atoms with E-state index in [1.807, 2.05) is 0 Å². The zero-order valence-corrected chi connectivity index (χ0v) is 18.5. The number of halogens is 1. The average Bonchev–Trinajstić information content (AvgIpc) is 3.01. The van der Waals surface area contributed by atoms with Gasteiger partial charge in [0, 0.05) is 45.4 Å². The number of amides is 2. The molecule has 1 fully saturated rings.